The Hall–Kier alpha value is -3.46. The monoisotopic (exact) mass is 386 g/mol. The summed E-state index contributed by atoms with van der Waals surface area (Å²) >= 11 is 1.07. The van der Waals surface area contributed by atoms with Crippen LogP contribution in [0.2, 0.25) is 0 Å². The van der Waals surface area contributed by atoms with Gasteiger partial charge in [-0.3, -0.25) is 19.7 Å². The number of hydrogen-bond donors (Lipinski definition) is 2. The maximum Gasteiger partial charge on any atom is 0.414 e. The van der Waals surface area contributed by atoms with Crippen molar-refractivity contribution in [2.45, 2.75) is 6.92 Å². The number of anilines is 1. The number of fused-ring (bicyclic) bond motifs is 1. The highest BCUT2D eigenvalue weighted by molar-refractivity contribution is 7.14. The highest BCUT2D eigenvalue weighted by Gasteiger charge is 2.20. The quantitative estimate of drug-likeness (QED) is 0.712. The fraction of sp³-hybridized carbons (Fsp3) is 0.111. The van der Waals surface area contributed by atoms with Crippen LogP contribution in [0.4, 0.5) is 9.80 Å². The van der Waals surface area contributed by atoms with Crippen LogP contribution < -0.4 is 16.1 Å². The smallest absolute Gasteiger partial charge is 0.414 e. The van der Waals surface area contributed by atoms with Crippen LogP contribution in [-0.4, -0.2) is 24.5 Å². The van der Waals surface area contributed by atoms with Crippen molar-refractivity contribution in [3.63, 3.8) is 0 Å². The summed E-state index contributed by atoms with van der Waals surface area (Å²) in [4.78, 5) is 48.5. The van der Waals surface area contributed by atoms with E-state index < -0.39 is 23.3 Å². The summed E-state index contributed by atoms with van der Waals surface area (Å²) in [5, 5.41) is 6.58. The predicted molar refractivity (Wildman–Crippen MR) is 99.2 cm³/mol. The molecule has 0 saturated carbocycles. The molecule has 0 spiro atoms. The number of amides is 3. The summed E-state index contributed by atoms with van der Waals surface area (Å²) in [7, 11) is 0. The molecule has 2 aromatic heterocycles. The minimum absolute atomic E-state index is 0.0755. The van der Waals surface area contributed by atoms with Gasteiger partial charge in [-0.2, -0.15) is 0 Å². The number of carbonyl (C=O) groups is 3. The lowest BCUT2D eigenvalue weighted by Gasteiger charge is -2.07. The van der Waals surface area contributed by atoms with Crippen molar-refractivity contribution >= 4 is 45.2 Å². The van der Waals surface area contributed by atoms with Gasteiger partial charge in [-0.15, -0.1) is 11.3 Å². The molecule has 0 fully saturated rings. The van der Waals surface area contributed by atoms with Crippen molar-refractivity contribution in [1.29, 1.82) is 0 Å². The average molecular weight is 386 g/mol. The van der Waals surface area contributed by atoms with Crippen molar-refractivity contribution < 1.29 is 23.5 Å². The third-order valence-electron chi connectivity index (χ3n) is 3.55. The van der Waals surface area contributed by atoms with E-state index in [0.717, 1.165) is 17.6 Å². The van der Waals surface area contributed by atoms with Gasteiger partial charge < -0.3 is 14.5 Å². The molecule has 27 heavy (non-hydrogen) atoms. The van der Waals surface area contributed by atoms with Crippen molar-refractivity contribution in [2.24, 2.45) is 0 Å². The maximum absolute atomic E-state index is 12.5. The highest BCUT2D eigenvalue weighted by atomic mass is 32.1. The first kappa shape index (κ1) is 18.3. The molecule has 8 nitrogen and oxygen atoms in total. The SMILES string of the molecule is CCOC(=O)NC(=O)c1ccsc1NC(=O)c1coc2ccccc2c1=O. The number of thiophene rings is 1. The number of rotatable bonds is 4. The van der Waals surface area contributed by atoms with Crippen molar-refractivity contribution in [3.8, 4) is 0 Å². The number of nitrogens with one attached hydrogen (secondary N) is 2. The van der Waals surface area contributed by atoms with Crippen LogP contribution in [0.25, 0.3) is 11.0 Å². The van der Waals surface area contributed by atoms with Crippen LogP contribution in [0.1, 0.15) is 27.6 Å². The average Bonchev–Trinajstić information content (AvgIpc) is 3.10. The molecular formula is C18H14N2O6S. The van der Waals surface area contributed by atoms with Gasteiger partial charge in [-0.25, -0.2) is 4.79 Å². The lowest BCUT2D eigenvalue weighted by molar-refractivity contribution is 0.0926. The molecule has 3 rings (SSSR count). The number of imide groups is 1. The van der Waals surface area contributed by atoms with Gasteiger partial charge in [0, 0.05) is 0 Å². The first-order valence-corrected chi connectivity index (χ1v) is 8.76. The minimum Gasteiger partial charge on any atom is -0.463 e. The summed E-state index contributed by atoms with van der Waals surface area (Å²) in [6, 6.07) is 8.00. The summed E-state index contributed by atoms with van der Waals surface area (Å²) in [6.07, 6.45) is 0.188. The van der Waals surface area contributed by atoms with Gasteiger partial charge in [-0.05, 0) is 30.5 Å². The first-order chi connectivity index (χ1) is 13.0. The van der Waals surface area contributed by atoms with Gasteiger partial charge in [0.15, 0.2) is 0 Å². The zero-order valence-electron chi connectivity index (χ0n) is 14.1. The third kappa shape index (κ3) is 3.87. The Kier molecular flexibility index (Phi) is 5.32. The molecule has 138 valence electrons. The summed E-state index contributed by atoms with van der Waals surface area (Å²) in [6.45, 7) is 1.72. The number of para-hydroxylation sites is 1. The number of hydrogen-bond acceptors (Lipinski definition) is 7. The van der Waals surface area contributed by atoms with Crippen molar-refractivity contribution in [1.82, 2.24) is 5.32 Å². The number of benzene rings is 1. The Morgan fingerprint density at radius 2 is 1.89 bits per heavy atom. The molecule has 2 N–H and O–H groups in total. The highest BCUT2D eigenvalue weighted by Crippen LogP contribution is 2.24. The Bertz CT molecular complexity index is 1080. The molecule has 2 heterocycles. The van der Waals surface area contributed by atoms with Crippen molar-refractivity contribution in [2.75, 3.05) is 11.9 Å². The van der Waals surface area contributed by atoms with E-state index in [0.29, 0.717) is 5.58 Å². The van der Waals surface area contributed by atoms with Gasteiger partial charge >= 0.3 is 6.09 Å². The second-order valence-corrected chi connectivity index (χ2v) is 6.18. The van der Waals surface area contributed by atoms with Gasteiger partial charge in [0.05, 0.1) is 17.6 Å². The lowest BCUT2D eigenvalue weighted by Crippen LogP contribution is -2.31. The van der Waals surface area contributed by atoms with Gasteiger partial charge in [0.1, 0.15) is 22.4 Å². The number of ether oxygens (including phenoxy) is 1. The van der Waals surface area contributed by atoms with Crippen LogP contribution in [0.15, 0.2) is 51.2 Å². The molecule has 3 aromatic rings. The summed E-state index contributed by atoms with van der Waals surface area (Å²) in [5.41, 5.74) is -0.237. The van der Waals surface area contributed by atoms with Crippen LogP contribution in [0, 0.1) is 0 Å². The molecule has 1 aromatic carbocycles. The second kappa shape index (κ2) is 7.83. The van der Waals surface area contributed by atoms with Gasteiger partial charge in [0.2, 0.25) is 5.43 Å². The Balaban J connectivity index is 1.83. The largest absolute Gasteiger partial charge is 0.463 e. The van der Waals surface area contributed by atoms with Gasteiger partial charge in [-0.1, -0.05) is 12.1 Å². The molecule has 0 unspecified atom stereocenters. The fourth-order valence-electron chi connectivity index (χ4n) is 2.32. The van der Waals surface area contributed by atoms with Crippen LogP contribution in [0.3, 0.4) is 0 Å². The molecule has 0 radical (unpaired) electrons. The van der Waals surface area contributed by atoms with E-state index in [1.165, 1.54) is 6.07 Å². The van der Waals surface area contributed by atoms with Crippen LogP contribution in [0.5, 0.6) is 0 Å². The maximum atomic E-state index is 12.5. The molecule has 9 heteroatoms. The van der Waals surface area contributed by atoms with Crippen molar-refractivity contribution in [3.05, 3.63) is 63.3 Å². The Morgan fingerprint density at radius 1 is 1.11 bits per heavy atom. The molecule has 0 aliphatic heterocycles. The number of alkyl carbamates (subject to hydrolysis) is 1. The lowest BCUT2D eigenvalue weighted by atomic mass is 10.1. The standard InChI is InChI=1S/C18H14N2O6S/c1-2-25-18(24)20-15(22)11-7-8-27-17(11)19-16(23)12-9-26-13-6-4-3-5-10(13)14(12)21/h3-9H,2H2,1H3,(H,19,23)(H,20,22,24). The zero-order chi connectivity index (χ0) is 19.4. The molecule has 0 aliphatic rings. The molecular weight excluding hydrogens is 372 g/mol. The van der Waals surface area contributed by atoms with E-state index in [1.54, 1.807) is 36.6 Å². The van der Waals surface area contributed by atoms with E-state index in [2.05, 4.69) is 10.1 Å². The van der Waals surface area contributed by atoms with Crippen LogP contribution >= 0.6 is 11.3 Å². The van der Waals surface area contributed by atoms with E-state index in [4.69, 9.17) is 4.42 Å². The zero-order valence-corrected chi connectivity index (χ0v) is 14.9. The van der Waals surface area contributed by atoms with Gasteiger partial charge in [0.25, 0.3) is 11.8 Å². The Morgan fingerprint density at radius 3 is 2.67 bits per heavy atom. The van der Waals surface area contributed by atoms with E-state index >= 15 is 0 Å². The first-order valence-electron chi connectivity index (χ1n) is 7.88. The normalized spacial score (nSPS) is 10.4. The molecule has 0 bridgehead atoms. The molecule has 3 amide bonds. The van der Waals surface area contributed by atoms with Crippen LogP contribution in [-0.2, 0) is 4.74 Å². The summed E-state index contributed by atoms with van der Waals surface area (Å²) < 4.78 is 9.97. The topological polar surface area (TPSA) is 115 Å². The third-order valence-corrected chi connectivity index (χ3v) is 4.38. The number of carbonyl (C=O) groups excluding carboxylic acids is 3. The summed E-state index contributed by atoms with van der Waals surface area (Å²) in [5.74, 6) is -1.45. The Labute approximate surface area is 156 Å². The van der Waals surface area contributed by atoms with E-state index in [1.807, 2.05) is 5.32 Å². The van der Waals surface area contributed by atoms with E-state index in [-0.39, 0.29) is 28.1 Å². The predicted octanol–water partition coefficient (Wildman–Crippen LogP) is 2.99. The molecule has 0 aliphatic carbocycles. The second-order valence-electron chi connectivity index (χ2n) is 5.27. The minimum atomic E-state index is -0.888. The molecule has 0 atom stereocenters. The fourth-order valence-corrected chi connectivity index (χ4v) is 3.10. The van der Waals surface area contributed by atoms with E-state index in [9.17, 15) is 19.2 Å². The molecule has 0 saturated heterocycles.